The van der Waals surface area contributed by atoms with Gasteiger partial charge in [-0.3, -0.25) is 4.79 Å². The van der Waals surface area contributed by atoms with Crippen molar-refractivity contribution >= 4 is 34.2 Å². The van der Waals surface area contributed by atoms with Gasteiger partial charge in [0.05, 0.1) is 3.92 Å². The van der Waals surface area contributed by atoms with Gasteiger partial charge in [-0.1, -0.05) is 40.8 Å². The first-order valence-corrected chi connectivity index (χ1v) is 6.22. The van der Waals surface area contributed by atoms with Crippen LogP contribution in [0.3, 0.4) is 0 Å². The first-order valence-electron chi connectivity index (χ1n) is 4.98. The number of amides is 1. The molecule has 2 nitrogen and oxygen atoms in total. The molecule has 0 aromatic heterocycles. The Morgan fingerprint density at radius 3 is 2.81 bits per heavy atom. The molecule has 1 heterocycles. The quantitative estimate of drug-likeness (QED) is 0.572. The summed E-state index contributed by atoms with van der Waals surface area (Å²) in [5, 5.41) is 0. The zero-order valence-corrected chi connectivity index (χ0v) is 10.9. The smallest absolute Gasteiger partial charge is 0.240 e. The first-order chi connectivity index (χ1) is 7.61. The average molecular weight is 331 g/mol. The molecule has 0 fully saturated rings. The SMILES string of the molecule is CN1C(=O)C(I)CC=C1c1ccccc1F. The molecular weight excluding hydrogens is 320 g/mol. The van der Waals surface area contributed by atoms with Crippen LogP contribution < -0.4 is 0 Å². The van der Waals surface area contributed by atoms with E-state index in [1.807, 2.05) is 6.08 Å². The molecule has 0 N–H and O–H groups in total. The van der Waals surface area contributed by atoms with Gasteiger partial charge in [0.25, 0.3) is 0 Å². The van der Waals surface area contributed by atoms with E-state index in [1.54, 1.807) is 25.2 Å². The number of hydrogen-bond acceptors (Lipinski definition) is 1. The maximum atomic E-state index is 13.6. The minimum absolute atomic E-state index is 0.0290. The molecule has 84 valence electrons. The molecule has 1 aromatic carbocycles. The highest BCUT2D eigenvalue weighted by Gasteiger charge is 2.27. The number of carbonyl (C=O) groups excluding carboxylic acids is 1. The summed E-state index contributed by atoms with van der Waals surface area (Å²) in [5.74, 6) is -0.262. The van der Waals surface area contributed by atoms with Gasteiger partial charge in [0.2, 0.25) is 5.91 Å². The lowest BCUT2D eigenvalue weighted by Gasteiger charge is -2.27. The lowest BCUT2D eigenvalue weighted by atomic mass is 10.0. The van der Waals surface area contributed by atoms with Gasteiger partial charge in [-0.15, -0.1) is 0 Å². The third-order valence-corrected chi connectivity index (χ3v) is 3.67. The van der Waals surface area contributed by atoms with Crippen LogP contribution in [0.1, 0.15) is 12.0 Å². The molecule has 0 radical (unpaired) electrons. The van der Waals surface area contributed by atoms with E-state index < -0.39 is 0 Å². The summed E-state index contributed by atoms with van der Waals surface area (Å²) in [5.41, 5.74) is 1.15. The van der Waals surface area contributed by atoms with Gasteiger partial charge in [-0.05, 0) is 18.6 Å². The van der Waals surface area contributed by atoms with Gasteiger partial charge in [-0.2, -0.15) is 0 Å². The van der Waals surface area contributed by atoms with E-state index in [4.69, 9.17) is 0 Å². The van der Waals surface area contributed by atoms with Crippen LogP contribution in [0.4, 0.5) is 4.39 Å². The van der Waals surface area contributed by atoms with Crippen molar-refractivity contribution in [1.82, 2.24) is 4.90 Å². The maximum absolute atomic E-state index is 13.6. The van der Waals surface area contributed by atoms with E-state index in [9.17, 15) is 9.18 Å². The molecule has 0 saturated heterocycles. The van der Waals surface area contributed by atoms with Gasteiger partial charge in [0, 0.05) is 18.3 Å². The number of carbonyl (C=O) groups is 1. The van der Waals surface area contributed by atoms with Gasteiger partial charge in [0.15, 0.2) is 0 Å². The molecule has 0 saturated carbocycles. The Bertz CT molecular complexity index is 458. The van der Waals surface area contributed by atoms with Crippen LogP contribution in [0, 0.1) is 5.82 Å². The second-order valence-corrected chi connectivity index (χ2v) is 5.17. The number of nitrogens with zero attached hydrogens (tertiary/aromatic N) is 1. The Kier molecular flexibility index (Phi) is 3.28. The minimum atomic E-state index is -0.291. The van der Waals surface area contributed by atoms with Crippen molar-refractivity contribution in [3.63, 3.8) is 0 Å². The average Bonchev–Trinajstić information content (AvgIpc) is 2.28. The van der Waals surface area contributed by atoms with Crippen LogP contribution in [0.15, 0.2) is 30.3 Å². The van der Waals surface area contributed by atoms with E-state index in [0.717, 1.165) is 0 Å². The Morgan fingerprint density at radius 2 is 2.12 bits per heavy atom. The molecule has 16 heavy (non-hydrogen) atoms. The normalized spacial score (nSPS) is 20.9. The molecule has 1 atom stereocenters. The minimum Gasteiger partial charge on any atom is -0.314 e. The topological polar surface area (TPSA) is 20.3 Å². The van der Waals surface area contributed by atoms with Gasteiger partial charge < -0.3 is 4.90 Å². The van der Waals surface area contributed by atoms with Crippen LogP contribution in [-0.4, -0.2) is 21.8 Å². The van der Waals surface area contributed by atoms with Crippen LogP contribution in [0.25, 0.3) is 5.70 Å². The predicted molar refractivity (Wildman–Crippen MR) is 69.6 cm³/mol. The fourth-order valence-electron chi connectivity index (χ4n) is 1.74. The van der Waals surface area contributed by atoms with Crippen molar-refractivity contribution in [2.24, 2.45) is 0 Å². The molecular formula is C12H11FINO. The van der Waals surface area contributed by atoms with Crippen LogP contribution in [0.5, 0.6) is 0 Å². The Morgan fingerprint density at radius 1 is 1.44 bits per heavy atom. The standard InChI is InChI=1S/C12H11FINO/c1-15-11(7-6-10(14)12(15)16)8-4-2-3-5-9(8)13/h2-5,7,10H,6H2,1H3. The second-order valence-electron chi connectivity index (χ2n) is 3.67. The third-order valence-electron chi connectivity index (χ3n) is 2.63. The Labute approximate surface area is 107 Å². The van der Waals surface area contributed by atoms with Crippen molar-refractivity contribution in [1.29, 1.82) is 0 Å². The van der Waals surface area contributed by atoms with E-state index >= 15 is 0 Å². The van der Waals surface area contributed by atoms with Gasteiger partial charge in [-0.25, -0.2) is 4.39 Å². The largest absolute Gasteiger partial charge is 0.314 e. The number of rotatable bonds is 1. The molecule has 0 aliphatic carbocycles. The van der Waals surface area contributed by atoms with Crippen molar-refractivity contribution in [2.45, 2.75) is 10.3 Å². The van der Waals surface area contributed by atoms with Crippen molar-refractivity contribution < 1.29 is 9.18 Å². The number of hydrogen-bond donors (Lipinski definition) is 0. The molecule has 0 spiro atoms. The zero-order valence-electron chi connectivity index (χ0n) is 8.78. The molecule has 1 amide bonds. The monoisotopic (exact) mass is 331 g/mol. The molecule has 1 aliphatic rings. The number of halogens is 2. The highest BCUT2D eigenvalue weighted by Crippen LogP contribution is 2.28. The van der Waals surface area contributed by atoms with E-state index in [0.29, 0.717) is 17.7 Å². The van der Waals surface area contributed by atoms with Crippen LogP contribution in [0.2, 0.25) is 0 Å². The summed E-state index contributed by atoms with van der Waals surface area (Å²) in [6, 6.07) is 6.52. The Balaban J connectivity index is 2.42. The summed E-state index contributed by atoms with van der Waals surface area (Å²) in [4.78, 5) is 13.3. The van der Waals surface area contributed by atoms with Crippen molar-refractivity contribution in [2.75, 3.05) is 7.05 Å². The highest BCUT2D eigenvalue weighted by atomic mass is 127. The number of allylic oxidation sites excluding steroid dienone is 1. The molecule has 1 unspecified atom stereocenters. The van der Waals surface area contributed by atoms with E-state index in [1.165, 1.54) is 11.0 Å². The summed E-state index contributed by atoms with van der Waals surface area (Å²) in [7, 11) is 1.69. The maximum Gasteiger partial charge on any atom is 0.240 e. The zero-order chi connectivity index (χ0) is 11.7. The third kappa shape index (κ3) is 1.98. The molecule has 1 aliphatic heterocycles. The van der Waals surface area contributed by atoms with E-state index in [2.05, 4.69) is 22.6 Å². The summed E-state index contributed by atoms with van der Waals surface area (Å²) in [6.45, 7) is 0. The molecule has 4 heteroatoms. The fourth-order valence-corrected chi connectivity index (χ4v) is 2.41. The molecule has 2 rings (SSSR count). The first kappa shape index (κ1) is 11.6. The van der Waals surface area contributed by atoms with Crippen LogP contribution in [-0.2, 0) is 4.79 Å². The molecule has 0 bridgehead atoms. The van der Waals surface area contributed by atoms with Gasteiger partial charge >= 0.3 is 0 Å². The van der Waals surface area contributed by atoms with Crippen LogP contribution >= 0.6 is 22.6 Å². The fraction of sp³-hybridized carbons (Fsp3) is 0.250. The second kappa shape index (κ2) is 4.53. The van der Waals surface area contributed by atoms with Crippen molar-refractivity contribution in [3.8, 4) is 0 Å². The summed E-state index contributed by atoms with van der Waals surface area (Å²) < 4.78 is 13.5. The lowest BCUT2D eigenvalue weighted by Crippen LogP contribution is -2.35. The summed E-state index contributed by atoms with van der Waals surface area (Å²) in [6.07, 6.45) is 2.57. The van der Waals surface area contributed by atoms with Crippen molar-refractivity contribution in [3.05, 3.63) is 41.7 Å². The predicted octanol–water partition coefficient (Wildman–Crippen LogP) is 2.83. The summed E-state index contributed by atoms with van der Waals surface area (Å²) >= 11 is 2.11. The Hall–Kier alpha value is -0.910. The number of alkyl halides is 1. The lowest BCUT2D eigenvalue weighted by molar-refractivity contribution is -0.126. The highest BCUT2D eigenvalue weighted by molar-refractivity contribution is 14.1. The van der Waals surface area contributed by atoms with Gasteiger partial charge in [0.1, 0.15) is 5.82 Å². The van der Waals surface area contributed by atoms with E-state index in [-0.39, 0.29) is 15.6 Å². The number of benzene rings is 1. The molecule has 1 aromatic rings.